The lowest BCUT2D eigenvalue weighted by Gasteiger charge is -2.15. The summed E-state index contributed by atoms with van der Waals surface area (Å²) in [7, 11) is 0. The second kappa shape index (κ2) is 6.50. The van der Waals surface area contributed by atoms with Crippen LogP contribution in [-0.2, 0) is 9.53 Å². The summed E-state index contributed by atoms with van der Waals surface area (Å²) in [6.45, 7) is 8.04. The molecule has 100 valence electrons. The number of carbonyl (C=O) groups excluding carboxylic acids is 1. The first-order valence-electron chi connectivity index (χ1n) is 6.08. The predicted octanol–water partition coefficient (Wildman–Crippen LogP) is 3.13. The van der Waals surface area contributed by atoms with Crippen LogP contribution in [0.2, 0.25) is 0 Å². The lowest BCUT2D eigenvalue weighted by molar-refractivity contribution is -0.126. The average molecular weight is 253 g/mol. The Hall–Kier alpha value is -1.42. The number of rotatable bonds is 5. The van der Waals surface area contributed by atoms with Crippen molar-refractivity contribution in [1.82, 2.24) is 0 Å². The molecule has 0 bridgehead atoms. The summed E-state index contributed by atoms with van der Waals surface area (Å²) in [5.74, 6) is -0.146. The average Bonchev–Trinajstić information content (AvgIpc) is 2.29. The number of benzene rings is 1. The maximum absolute atomic E-state index is 12.9. The molecule has 1 unspecified atom stereocenters. The van der Waals surface area contributed by atoms with Crippen LogP contribution in [0.3, 0.4) is 0 Å². The largest absolute Gasteiger partial charge is 0.368 e. The van der Waals surface area contributed by atoms with Crippen LogP contribution in [0.5, 0.6) is 0 Å². The smallest absolute Gasteiger partial charge is 0.253 e. The van der Waals surface area contributed by atoms with E-state index in [1.165, 1.54) is 12.1 Å². The Kier molecular flexibility index (Phi) is 5.28. The van der Waals surface area contributed by atoms with E-state index in [9.17, 15) is 9.18 Å². The fraction of sp³-hybridized carbons (Fsp3) is 0.500. The number of aryl methyl sites for hydroxylation is 1. The zero-order chi connectivity index (χ0) is 13.7. The van der Waals surface area contributed by atoms with Gasteiger partial charge in [0.25, 0.3) is 5.91 Å². The Morgan fingerprint density at radius 3 is 2.61 bits per heavy atom. The summed E-state index contributed by atoms with van der Waals surface area (Å²) in [5.41, 5.74) is 1.31. The number of amides is 1. The highest BCUT2D eigenvalue weighted by molar-refractivity contribution is 5.94. The third-order valence-electron chi connectivity index (χ3n) is 2.50. The van der Waals surface area contributed by atoms with Gasteiger partial charge in [0.15, 0.2) is 0 Å². The van der Waals surface area contributed by atoms with E-state index in [0.717, 1.165) is 0 Å². The van der Waals surface area contributed by atoms with E-state index in [4.69, 9.17) is 4.74 Å². The van der Waals surface area contributed by atoms with Crippen molar-refractivity contribution < 1.29 is 13.9 Å². The second-order valence-electron chi connectivity index (χ2n) is 4.82. The van der Waals surface area contributed by atoms with Gasteiger partial charge in [-0.3, -0.25) is 4.79 Å². The summed E-state index contributed by atoms with van der Waals surface area (Å²) in [5, 5.41) is 2.73. The highest BCUT2D eigenvalue weighted by atomic mass is 19.1. The van der Waals surface area contributed by atoms with E-state index in [-0.39, 0.29) is 11.7 Å². The molecule has 1 aromatic carbocycles. The molecule has 0 aliphatic heterocycles. The molecule has 0 saturated heterocycles. The quantitative estimate of drug-likeness (QED) is 0.875. The number of anilines is 1. The molecule has 0 fully saturated rings. The van der Waals surface area contributed by atoms with Crippen LogP contribution in [-0.4, -0.2) is 18.6 Å². The van der Waals surface area contributed by atoms with E-state index in [1.807, 2.05) is 13.8 Å². The van der Waals surface area contributed by atoms with Crippen LogP contribution in [0.25, 0.3) is 0 Å². The van der Waals surface area contributed by atoms with Crippen LogP contribution >= 0.6 is 0 Å². The van der Waals surface area contributed by atoms with Gasteiger partial charge in [-0.25, -0.2) is 4.39 Å². The van der Waals surface area contributed by atoms with Gasteiger partial charge in [0.05, 0.1) is 0 Å². The van der Waals surface area contributed by atoms with E-state index in [0.29, 0.717) is 23.8 Å². The number of nitrogens with one attached hydrogen (secondary N) is 1. The minimum absolute atomic E-state index is 0.217. The van der Waals surface area contributed by atoms with Crippen molar-refractivity contribution in [1.29, 1.82) is 0 Å². The molecule has 0 heterocycles. The van der Waals surface area contributed by atoms with Gasteiger partial charge in [-0.2, -0.15) is 0 Å². The minimum atomic E-state index is -0.517. The van der Waals surface area contributed by atoms with Gasteiger partial charge in [-0.05, 0) is 43.5 Å². The van der Waals surface area contributed by atoms with Crippen molar-refractivity contribution in [2.75, 3.05) is 11.9 Å². The van der Waals surface area contributed by atoms with Crippen molar-refractivity contribution in [3.63, 3.8) is 0 Å². The Morgan fingerprint density at radius 1 is 1.39 bits per heavy atom. The maximum Gasteiger partial charge on any atom is 0.253 e. The zero-order valence-corrected chi connectivity index (χ0v) is 11.3. The van der Waals surface area contributed by atoms with Crippen molar-refractivity contribution in [3.8, 4) is 0 Å². The summed E-state index contributed by atoms with van der Waals surface area (Å²) in [4.78, 5) is 11.8. The molecule has 1 amide bonds. The molecule has 0 saturated carbocycles. The highest BCUT2D eigenvalue weighted by Crippen LogP contribution is 2.16. The molecule has 1 rings (SSSR count). The van der Waals surface area contributed by atoms with Gasteiger partial charge in [0.2, 0.25) is 0 Å². The van der Waals surface area contributed by atoms with Crippen LogP contribution in [0.1, 0.15) is 26.3 Å². The molecular weight excluding hydrogens is 233 g/mol. The molecule has 1 atom stereocenters. The summed E-state index contributed by atoms with van der Waals surface area (Å²) < 4.78 is 18.3. The predicted molar refractivity (Wildman–Crippen MR) is 70.0 cm³/mol. The molecule has 4 heteroatoms. The molecule has 3 nitrogen and oxygen atoms in total. The zero-order valence-electron chi connectivity index (χ0n) is 11.3. The van der Waals surface area contributed by atoms with Crippen LogP contribution in [0.4, 0.5) is 10.1 Å². The molecular formula is C14H20FNO2. The van der Waals surface area contributed by atoms with Gasteiger partial charge in [0, 0.05) is 12.3 Å². The molecule has 0 spiro atoms. The van der Waals surface area contributed by atoms with E-state index in [2.05, 4.69) is 5.32 Å². The number of hydrogen-bond donors (Lipinski definition) is 1. The number of halogens is 1. The second-order valence-corrected chi connectivity index (χ2v) is 4.82. The van der Waals surface area contributed by atoms with Gasteiger partial charge in [-0.1, -0.05) is 13.8 Å². The molecule has 0 aliphatic carbocycles. The topological polar surface area (TPSA) is 38.3 Å². The monoisotopic (exact) mass is 253 g/mol. The Bertz CT molecular complexity index is 418. The van der Waals surface area contributed by atoms with E-state index < -0.39 is 6.10 Å². The summed E-state index contributed by atoms with van der Waals surface area (Å²) >= 11 is 0. The normalized spacial score (nSPS) is 12.6. The van der Waals surface area contributed by atoms with Gasteiger partial charge in [-0.15, -0.1) is 0 Å². The Morgan fingerprint density at radius 2 is 2.06 bits per heavy atom. The van der Waals surface area contributed by atoms with Crippen LogP contribution in [0.15, 0.2) is 18.2 Å². The number of hydrogen-bond acceptors (Lipinski definition) is 2. The number of ether oxygens (including phenoxy) is 1. The Balaban J connectivity index is 2.58. The SMILES string of the molecule is Cc1cc(F)ccc1NC(=O)C(C)OCC(C)C. The van der Waals surface area contributed by atoms with Crippen molar-refractivity contribution in [3.05, 3.63) is 29.6 Å². The highest BCUT2D eigenvalue weighted by Gasteiger charge is 2.14. The van der Waals surface area contributed by atoms with Crippen LogP contribution < -0.4 is 5.32 Å². The van der Waals surface area contributed by atoms with Crippen molar-refractivity contribution in [2.45, 2.75) is 33.8 Å². The summed E-state index contributed by atoms with van der Waals surface area (Å²) in [6, 6.07) is 4.26. The molecule has 0 aliphatic rings. The number of carbonyl (C=O) groups is 1. The van der Waals surface area contributed by atoms with Gasteiger partial charge < -0.3 is 10.1 Å². The fourth-order valence-electron chi connectivity index (χ4n) is 1.41. The Labute approximate surface area is 107 Å². The lowest BCUT2D eigenvalue weighted by atomic mass is 10.2. The first-order chi connectivity index (χ1) is 8.40. The van der Waals surface area contributed by atoms with Gasteiger partial charge in [0.1, 0.15) is 11.9 Å². The van der Waals surface area contributed by atoms with Crippen molar-refractivity contribution >= 4 is 11.6 Å². The van der Waals surface area contributed by atoms with E-state index in [1.54, 1.807) is 19.9 Å². The molecule has 0 aromatic heterocycles. The minimum Gasteiger partial charge on any atom is -0.368 e. The van der Waals surface area contributed by atoms with E-state index >= 15 is 0 Å². The third kappa shape index (κ3) is 4.45. The van der Waals surface area contributed by atoms with Crippen molar-refractivity contribution in [2.24, 2.45) is 5.92 Å². The van der Waals surface area contributed by atoms with Crippen LogP contribution in [0, 0.1) is 18.7 Å². The molecule has 1 N–H and O–H groups in total. The fourth-order valence-corrected chi connectivity index (χ4v) is 1.41. The lowest BCUT2D eigenvalue weighted by Crippen LogP contribution is -2.29. The molecule has 18 heavy (non-hydrogen) atoms. The summed E-state index contributed by atoms with van der Waals surface area (Å²) in [6.07, 6.45) is -0.517. The standard InChI is InChI=1S/C14H20FNO2/c1-9(2)8-18-11(4)14(17)16-13-6-5-12(15)7-10(13)3/h5-7,9,11H,8H2,1-4H3,(H,16,17). The maximum atomic E-state index is 12.9. The first-order valence-corrected chi connectivity index (χ1v) is 6.08. The van der Waals surface area contributed by atoms with Gasteiger partial charge >= 0.3 is 0 Å². The first kappa shape index (κ1) is 14.6. The molecule has 0 radical (unpaired) electrons. The molecule has 1 aromatic rings. The third-order valence-corrected chi connectivity index (χ3v) is 2.50.